The van der Waals surface area contributed by atoms with E-state index in [0.717, 1.165) is 28.2 Å². The van der Waals surface area contributed by atoms with Crippen molar-refractivity contribution in [3.05, 3.63) is 71.5 Å². The van der Waals surface area contributed by atoms with E-state index in [-0.39, 0.29) is 5.91 Å². The highest BCUT2D eigenvalue weighted by Crippen LogP contribution is 2.31. The van der Waals surface area contributed by atoms with Crippen LogP contribution in [0, 0.1) is 13.8 Å². The van der Waals surface area contributed by atoms with Crippen LogP contribution in [-0.2, 0) is 0 Å². The first-order chi connectivity index (χ1) is 13.5. The SMILES string of the molecule is COc1ccc(Nc2ccnc(C(=O)Nc3cc(C)ccc3C)c2)cc1OC. The zero-order valence-corrected chi connectivity index (χ0v) is 16.4. The summed E-state index contributed by atoms with van der Waals surface area (Å²) in [6.07, 6.45) is 1.60. The van der Waals surface area contributed by atoms with E-state index in [0.29, 0.717) is 17.2 Å². The molecule has 0 saturated heterocycles. The lowest BCUT2D eigenvalue weighted by molar-refractivity contribution is 0.102. The van der Waals surface area contributed by atoms with Crippen molar-refractivity contribution in [1.29, 1.82) is 0 Å². The number of carbonyl (C=O) groups is 1. The quantitative estimate of drug-likeness (QED) is 0.651. The molecule has 0 atom stereocenters. The number of hydrogen-bond donors (Lipinski definition) is 2. The Morgan fingerprint density at radius 1 is 0.893 bits per heavy atom. The molecule has 2 N–H and O–H groups in total. The number of anilines is 3. The number of benzene rings is 2. The average Bonchev–Trinajstić information content (AvgIpc) is 2.70. The van der Waals surface area contributed by atoms with Crippen molar-refractivity contribution in [1.82, 2.24) is 4.98 Å². The molecule has 0 spiro atoms. The van der Waals surface area contributed by atoms with Gasteiger partial charge in [-0.2, -0.15) is 0 Å². The highest BCUT2D eigenvalue weighted by atomic mass is 16.5. The zero-order chi connectivity index (χ0) is 20.1. The molecule has 1 heterocycles. The second-order valence-electron chi connectivity index (χ2n) is 6.40. The molecule has 2 aromatic carbocycles. The number of hydrogen-bond acceptors (Lipinski definition) is 5. The molecule has 0 aliphatic heterocycles. The number of pyridine rings is 1. The minimum atomic E-state index is -0.260. The van der Waals surface area contributed by atoms with E-state index in [4.69, 9.17) is 9.47 Å². The highest BCUT2D eigenvalue weighted by Gasteiger charge is 2.11. The minimum absolute atomic E-state index is 0.260. The molecule has 6 heteroatoms. The molecular formula is C22H23N3O3. The van der Waals surface area contributed by atoms with Crippen LogP contribution in [0.4, 0.5) is 17.1 Å². The number of ether oxygens (including phenoxy) is 2. The highest BCUT2D eigenvalue weighted by molar-refractivity contribution is 6.03. The van der Waals surface area contributed by atoms with Crippen LogP contribution in [0.2, 0.25) is 0 Å². The van der Waals surface area contributed by atoms with Crippen molar-refractivity contribution in [3.8, 4) is 11.5 Å². The molecule has 3 rings (SSSR count). The minimum Gasteiger partial charge on any atom is -0.493 e. The van der Waals surface area contributed by atoms with Crippen molar-refractivity contribution < 1.29 is 14.3 Å². The maximum atomic E-state index is 12.6. The Hall–Kier alpha value is -3.54. The molecule has 0 bridgehead atoms. The summed E-state index contributed by atoms with van der Waals surface area (Å²) in [5.41, 5.74) is 4.74. The summed E-state index contributed by atoms with van der Waals surface area (Å²) in [6, 6.07) is 15.0. The van der Waals surface area contributed by atoms with E-state index in [2.05, 4.69) is 15.6 Å². The summed E-state index contributed by atoms with van der Waals surface area (Å²) >= 11 is 0. The third kappa shape index (κ3) is 4.40. The number of methoxy groups -OCH3 is 2. The maximum absolute atomic E-state index is 12.6. The Bertz CT molecular complexity index is 1000. The lowest BCUT2D eigenvalue weighted by Gasteiger charge is -2.12. The molecular weight excluding hydrogens is 354 g/mol. The number of nitrogens with one attached hydrogen (secondary N) is 2. The van der Waals surface area contributed by atoms with E-state index in [1.807, 2.05) is 50.2 Å². The number of aromatic nitrogens is 1. The van der Waals surface area contributed by atoms with Crippen LogP contribution in [0.25, 0.3) is 0 Å². The monoisotopic (exact) mass is 377 g/mol. The van der Waals surface area contributed by atoms with Crippen molar-refractivity contribution in [2.75, 3.05) is 24.9 Å². The van der Waals surface area contributed by atoms with Crippen LogP contribution in [0.3, 0.4) is 0 Å². The van der Waals surface area contributed by atoms with Crippen molar-refractivity contribution in [3.63, 3.8) is 0 Å². The van der Waals surface area contributed by atoms with Gasteiger partial charge >= 0.3 is 0 Å². The van der Waals surface area contributed by atoms with E-state index >= 15 is 0 Å². The van der Waals surface area contributed by atoms with Gasteiger partial charge in [-0.3, -0.25) is 9.78 Å². The van der Waals surface area contributed by atoms with E-state index in [1.54, 1.807) is 32.5 Å². The Morgan fingerprint density at radius 2 is 1.64 bits per heavy atom. The van der Waals surface area contributed by atoms with Gasteiger partial charge in [-0.05, 0) is 55.3 Å². The molecule has 0 aliphatic carbocycles. The third-order valence-electron chi connectivity index (χ3n) is 4.31. The molecule has 0 fully saturated rings. The maximum Gasteiger partial charge on any atom is 0.274 e. The molecule has 144 valence electrons. The predicted octanol–water partition coefficient (Wildman–Crippen LogP) is 4.71. The third-order valence-corrected chi connectivity index (χ3v) is 4.31. The van der Waals surface area contributed by atoms with Crippen LogP contribution in [0.1, 0.15) is 21.6 Å². The lowest BCUT2D eigenvalue weighted by Crippen LogP contribution is -2.14. The van der Waals surface area contributed by atoms with Gasteiger partial charge in [-0.15, -0.1) is 0 Å². The van der Waals surface area contributed by atoms with Gasteiger partial charge in [-0.1, -0.05) is 12.1 Å². The summed E-state index contributed by atoms with van der Waals surface area (Å²) in [4.78, 5) is 16.8. The number of rotatable bonds is 6. The van der Waals surface area contributed by atoms with E-state index < -0.39 is 0 Å². The fraction of sp³-hybridized carbons (Fsp3) is 0.182. The van der Waals surface area contributed by atoms with Gasteiger partial charge < -0.3 is 20.1 Å². The second-order valence-corrected chi connectivity index (χ2v) is 6.40. The van der Waals surface area contributed by atoms with Gasteiger partial charge in [0.2, 0.25) is 0 Å². The van der Waals surface area contributed by atoms with Crippen molar-refractivity contribution in [2.45, 2.75) is 13.8 Å². The lowest BCUT2D eigenvalue weighted by atomic mass is 10.1. The van der Waals surface area contributed by atoms with Crippen LogP contribution in [0.15, 0.2) is 54.7 Å². The van der Waals surface area contributed by atoms with Gasteiger partial charge in [0.25, 0.3) is 5.91 Å². The molecule has 0 unspecified atom stereocenters. The van der Waals surface area contributed by atoms with E-state index in [9.17, 15) is 4.79 Å². The number of nitrogens with zero attached hydrogens (tertiary/aromatic N) is 1. The Balaban J connectivity index is 1.78. The van der Waals surface area contributed by atoms with E-state index in [1.165, 1.54) is 0 Å². The predicted molar refractivity (Wildman–Crippen MR) is 111 cm³/mol. The van der Waals surface area contributed by atoms with Crippen LogP contribution in [0.5, 0.6) is 11.5 Å². The summed E-state index contributed by atoms with van der Waals surface area (Å²) in [5, 5.41) is 6.18. The van der Waals surface area contributed by atoms with Gasteiger partial charge in [0, 0.05) is 29.3 Å². The molecule has 3 aromatic rings. The Morgan fingerprint density at radius 3 is 2.39 bits per heavy atom. The van der Waals surface area contributed by atoms with Crippen molar-refractivity contribution in [2.24, 2.45) is 0 Å². The van der Waals surface area contributed by atoms with Crippen LogP contribution < -0.4 is 20.1 Å². The number of carbonyl (C=O) groups excluding carboxylic acids is 1. The Kier molecular flexibility index (Phi) is 5.79. The first-order valence-corrected chi connectivity index (χ1v) is 8.84. The fourth-order valence-electron chi connectivity index (χ4n) is 2.77. The molecule has 0 saturated carbocycles. The fourth-order valence-corrected chi connectivity index (χ4v) is 2.77. The van der Waals surface area contributed by atoms with Crippen molar-refractivity contribution >= 4 is 23.0 Å². The first kappa shape index (κ1) is 19.2. The molecule has 6 nitrogen and oxygen atoms in total. The Labute approximate surface area is 164 Å². The van der Waals surface area contributed by atoms with Gasteiger partial charge in [-0.25, -0.2) is 0 Å². The average molecular weight is 377 g/mol. The number of amides is 1. The molecule has 0 aliphatic rings. The normalized spacial score (nSPS) is 10.3. The first-order valence-electron chi connectivity index (χ1n) is 8.84. The van der Waals surface area contributed by atoms with Gasteiger partial charge in [0.1, 0.15) is 5.69 Å². The summed E-state index contributed by atoms with van der Waals surface area (Å²) in [5.74, 6) is 1.01. The summed E-state index contributed by atoms with van der Waals surface area (Å²) in [7, 11) is 3.18. The molecule has 1 aromatic heterocycles. The summed E-state index contributed by atoms with van der Waals surface area (Å²) < 4.78 is 10.6. The molecule has 0 radical (unpaired) electrons. The van der Waals surface area contributed by atoms with Gasteiger partial charge in [0.05, 0.1) is 14.2 Å². The smallest absolute Gasteiger partial charge is 0.274 e. The standard InChI is InChI=1S/C22H23N3O3/c1-14-5-6-15(2)18(11-14)25-22(26)19-12-17(9-10-23-19)24-16-7-8-20(27-3)21(13-16)28-4/h5-13H,1-4H3,(H,23,24)(H,25,26). The second kappa shape index (κ2) is 8.43. The topological polar surface area (TPSA) is 72.5 Å². The molecule has 28 heavy (non-hydrogen) atoms. The largest absolute Gasteiger partial charge is 0.493 e. The van der Waals surface area contributed by atoms with Gasteiger partial charge in [0.15, 0.2) is 11.5 Å². The van der Waals surface area contributed by atoms with Crippen LogP contribution >= 0.6 is 0 Å². The zero-order valence-electron chi connectivity index (χ0n) is 16.4. The molecule has 1 amide bonds. The van der Waals surface area contributed by atoms with Crippen LogP contribution in [-0.4, -0.2) is 25.1 Å². The summed E-state index contributed by atoms with van der Waals surface area (Å²) in [6.45, 7) is 3.94. The number of aryl methyl sites for hydroxylation is 2.